The minimum absolute atomic E-state index is 0.320. The van der Waals surface area contributed by atoms with E-state index in [0.29, 0.717) is 35.9 Å². The molecule has 4 unspecified atom stereocenters. The Morgan fingerprint density at radius 2 is 2.10 bits per heavy atom. The molecule has 4 aliphatic rings. The van der Waals surface area contributed by atoms with Gasteiger partial charge in [0.1, 0.15) is 5.75 Å². The summed E-state index contributed by atoms with van der Waals surface area (Å²) in [6, 6.07) is 6.94. The number of aryl methyl sites for hydroxylation is 1. The van der Waals surface area contributed by atoms with Gasteiger partial charge in [-0.15, -0.1) is 0 Å². The summed E-state index contributed by atoms with van der Waals surface area (Å²) in [4.78, 5) is 4.55. The van der Waals surface area contributed by atoms with Gasteiger partial charge >= 0.3 is 0 Å². The average molecular weight is 428 g/mol. The maximum absolute atomic E-state index is 6.22. The van der Waals surface area contributed by atoms with E-state index in [-0.39, 0.29) is 0 Å². The Kier molecular flexibility index (Phi) is 6.11. The SMILES string of the molecule is CN=C(NCc1ccc(C)cc1OCC1CCOC1)NC1C2CCOC2C12CCCC2. The summed E-state index contributed by atoms with van der Waals surface area (Å²) in [5.74, 6) is 2.98. The highest BCUT2D eigenvalue weighted by Gasteiger charge is 2.65. The fourth-order valence-electron chi connectivity index (χ4n) is 6.29. The Labute approximate surface area is 186 Å². The molecule has 5 rings (SSSR count). The van der Waals surface area contributed by atoms with Crippen LogP contribution in [-0.4, -0.2) is 51.6 Å². The molecule has 2 aliphatic carbocycles. The number of aliphatic imine (C=N–C) groups is 1. The molecule has 0 aromatic heterocycles. The molecule has 170 valence electrons. The predicted molar refractivity (Wildman–Crippen MR) is 121 cm³/mol. The molecule has 1 aromatic carbocycles. The van der Waals surface area contributed by atoms with E-state index in [4.69, 9.17) is 14.2 Å². The fourth-order valence-corrected chi connectivity index (χ4v) is 6.29. The quantitative estimate of drug-likeness (QED) is 0.538. The van der Waals surface area contributed by atoms with Gasteiger partial charge < -0.3 is 24.8 Å². The van der Waals surface area contributed by atoms with Crippen molar-refractivity contribution >= 4 is 5.96 Å². The lowest BCUT2D eigenvalue weighted by molar-refractivity contribution is -0.125. The Morgan fingerprint density at radius 1 is 1.23 bits per heavy atom. The first-order valence-corrected chi connectivity index (χ1v) is 12.1. The molecule has 2 heterocycles. The molecule has 0 bridgehead atoms. The van der Waals surface area contributed by atoms with Crippen LogP contribution in [0, 0.1) is 24.2 Å². The summed E-state index contributed by atoms with van der Waals surface area (Å²) in [6.45, 7) is 6.11. The van der Waals surface area contributed by atoms with Crippen molar-refractivity contribution in [1.29, 1.82) is 0 Å². The Balaban J connectivity index is 1.22. The third-order valence-electron chi connectivity index (χ3n) is 7.97. The number of benzene rings is 1. The molecule has 6 heteroatoms. The van der Waals surface area contributed by atoms with Gasteiger partial charge in [-0.3, -0.25) is 4.99 Å². The molecular weight excluding hydrogens is 390 g/mol. The standard InChI is InChI=1S/C25H37N3O3/c1-17-5-6-19(21(13-17)31-16-18-7-11-29-15-18)14-27-24(26-2)28-22-20-8-12-30-23(20)25(22)9-3-4-10-25/h5-6,13,18,20,22-23H,3-4,7-12,14-16H2,1-2H3,(H2,26,27,28). The molecule has 0 amide bonds. The number of hydrogen-bond acceptors (Lipinski definition) is 4. The number of guanidine groups is 1. The first-order chi connectivity index (χ1) is 15.2. The van der Waals surface area contributed by atoms with Crippen molar-refractivity contribution in [3.63, 3.8) is 0 Å². The maximum Gasteiger partial charge on any atom is 0.191 e. The van der Waals surface area contributed by atoms with Crippen LogP contribution >= 0.6 is 0 Å². The molecule has 1 spiro atoms. The second kappa shape index (κ2) is 8.99. The largest absolute Gasteiger partial charge is 0.493 e. The lowest BCUT2D eigenvalue weighted by Gasteiger charge is -2.57. The van der Waals surface area contributed by atoms with Gasteiger partial charge in [0.25, 0.3) is 0 Å². The second-order valence-corrected chi connectivity index (χ2v) is 9.88. The summed E-state index contributed by atoms with van der Waals surface area (Å²) in [6.07, 6.45) is 7.93. The van der Waals surface area contributed by atoms with Gasteiger partial charge in [0.15, 0.2) is 5.96 Å². The van der Waals surface area contributed by atoms with E-state index >= 15 is 0 Å². The van der Waals surface area contributed by atoms with Crippen molar-refractivity contribution < 1.29 is 14.2 Å². The summed E-state index contributed by atoms with van der Waals surface area (Å²) in [5, 5.41) is 7.34. The van der Waals surface area contributed by atoms with E-state index in [0.717, 1.165) is 44.6 Å². The molecule has 1 aromatic rings. The molecule has 4 fully saturated rings. The van der Waals surface area contributed by atoms with Gasteiger partial charge in [-0.1, -0.05) is 25.0 Å². The third kappa shape index (κ3) is 4.05. The van der Waals surface area contributed by atoms with Crippen LogP contribution in [0.15, 0.2) is 23.2 Å². The molecule has 2 saturated heterocycles. The number of nitrogens with zero attached hydrogens (tertiary/aromatic N) is 1. The van der Waals surface area contributed by atoms with Gasteiger partial charge in [0, 0.05) is 55.7 Å². The summed E-state index contributed by atoms with van der Waals surface area (Å²) >= 11 is 0. The van der Waals surface area contributed by atoms with Crippen LogP contribution in [0.4, 0.5) is 0 Å². The van der Waals surface area contributed by atoms with E-state index in [1.165, 1.54) is 43.2 Å². The fraction of sp³-hybridized carbons (Fsp3) is 0.720. The van der Waals surface area contributed by atoms with Crippen LogP contribution in [0.5, 0.6) is 5.75 Å². The summed E-state index contributed by atoms with van der Waals surface area (Å²) in [5.41, 5.74) is 2.70. The normalized spacial score (nSPS) is 31.5. The highest BCUT2D eigenvalue weighted by atomic mass is 16.5. The first kappa shape index (κ1) is 21.1. The summed E-state index contributed by atoms with van der Waals surface area (Å²) < 4.78 is 17.8. The van der Waals surface area contributed by atoms with Gasteiger partial charge in [-0.2, -0.15) is 0 Å². The Morgan fingerprint density at radius 3 is 2.87 bits per heavy atom. The van der Waals surface area contributed by atoms with Crippen molar-refractivity contribution in [2.24, 2.45) is 22.2 Å². The first-order valence-electron chi connectivity index (χ1n) is 12.1. The van der Waals surface area contributed by atoms with E-state index in [1.807, 2.05) is 7.05 Å². The Bertz CT molecular complexity index is 799. The molecule has 4 atom stereocenters. The molecule has 0 radical (unpaired) electrons. The zero-order chi connectivity index (χ0) is 21.3. The highest BCUT2D eigenvalue weighted by molar-refractivity contribution is 5.80. The number of fused-ring (bicyclic) bond motifs is 2. The van der Waals surface area contributed by atoms with E-state index in [2.05, 4.69) is 40.7 Å². The van der Waals surface area contributed by atoms with E-state index in [9.17, 15) is 0 Å². The number of ether oxygens (including phenoxy) is 3. The van der Waals surface area contributed by atoms with Crippen LogP contribution in [0.2, 0.25) is 0 Å². The smallest absolute Gasteiger partial charge is 0.191 e. The molecule has 6 nitrogen and oxygen atoms in total. The molecule has 2 aliphatic heterocycles. The summed E-state index contributed by atoms with van der Waals surface area (Å²) in [7, 11) is 1.87. The van der Waals surface area contributed by atoms with Crippen LogP contribution in [-0.2, 0) is 16.0 Å². The number of hydrogen-bond donors (Lipinski definition) is 2. The lowest BCUT2D eigenvalue weighted by atomic mass is 9.54. The van der Waals surface area contributed by atoms with E-state index < -0.39 is 0 Å². The zero-order valence-corrected chi connectivity index (χ0v) is 19.0. The minimum atomic E-state index is 0.320. The number of rotatable bonds is 6. The lowest BCUT2D eigenvalue weighted by Crippen LogP contribution is -2.69. The monoisotopic (exact) mass is 427 g/mol. The van der Waals surface area contributed by atoms with Crippen molar-refractivity contribution in [3.05, 3.63) is 29.3 Å². The number of nitrogens with one attached hydrogen (secondary N) is 2. The molecule has 2 saturated carbocycles. The van der Waals surface area contributed by atoms with Crippen LogP contribution in [0.25, 0.3) is 0 Å². The predicted octanol–water partition coefficient (Wildman–Crippen LogP) is 3.42. The third-order valence-corrected chi connectivity index (χ3v) is 7.97. The molecular formula is C25H37N3O3. The molecule has 31 heavy (non-hydrogen) atoms. The van der Waals surface area contributed by atoms with Crippen molar-refractivity contribution in [1.82, 2.24) is 10.6 Å². The van der Waals surface area contributed by atoms with Gasteiger partial charge in [-0.05, 0) is 44.2 Å². The van der Waals surface area contributed by atoms with Gasteiger partial charge in [-0.25, -0.2) is 0 Å². The van der Waals surface area contributed by atoms with Crippen LogP contribution in [0.1, 0.15) is 49.7 Å². The van der Waals surface area contributed by atoms with Gasteiger partial charge in [0.2, 0.25) is 0 Å². The average Bonchev–Trinajstić information content (AvgIpc) is 3.54. The van der Waals surface area contributed by atoms with Crippen LogP contribution < -0.4 is 15.4 Å². The van der Waals surface area contributed by atoms with Crippen molar-refractivity contribution in [2.75, 3.05) is 33.5 Å². The Hall–Kier alpha value is -1.79. The highest BCUT2D eigenvalue weighted by Crippen LogP contribution is 2.60. The second-order valence-electron chi connectivity index (χ2n) is 9.88. The maximum atomic E-state index is 6.22. The molecule has 2 N–H and O–H groups in total. The minimum Gasteiger partial charge on any atom is -0.493 e. The zero-order valence-electron chi connectivity index (χ0n) is 19.0. The van der Waals surface area contributed by atoms with Crippen molar-refractivity contribution in [2.45, 2.75) is 64.1 Å². The van der Waals surface area contributed by atoms with E-state index in [1.54, 1.807) is 0 Å². The van der Waals surface area contributed by atoms with Crippen LogP contribution in [0.3, 0.4) is 0 Å². The van der Waals surface area contributed by atoms with Crippen molar-refractivity contribution in [3.8, 4) is 5.75 Å². The van der Waals surface area contributed by atoms with Gasteiger partial charge in [0.05, 0.1) is 19.3 Å². The topological polar surface area (TPSA) is 64.1 Å².